The number of rotatable bonds is 3. The molecular weight excluding hydrogens is 253 g/mol. The van der Waals surface area contributed by atoms with Crippen LogP contribution in [0.5, 0.6) is 0 Å². The molecule has 3 rings (SSSR count). The van der Waals surface area contributed by atoms with Gasteiger partial charge < -0.3 is 10.3 Å². The van der Waals surface area contributed by atoms with Crippen molar-refractivity contribution in [1.29, 1.82) is 0 Å². The van der Waals surface area contributed by atoms with Gasteiger partial charge in [-0.15, -0.1) is 0 Å². The van der Waals surface area contributed by atoms with Gasteiger partial charge in [-0.1, -0.05) is 19.1 Å². The molecule has 3 aromatic rings. The van der Waals surface area contributed by atoms with E-state index in [4.69, 9.17) is 5.73 Å². The summed E-state index contributed by atoms with van der Waals surface area (Å²) in [6.07, 6.45) is 0.843. The largest absolute Gasteiger partial charge is 0.399 e. The number of nitrogens with two attached hydrogens (primary N) is 1. The van der Waals surface area contributed by atoms with Gasteiger partial charge in [-0.3, -0.25) is 0 Å². The first-order valence-corrected chi connectivity index (χ1v) is 6.66. The summed E-state index contributed by atoms with van der Waals surface area (Å²) in [7, 11) is 0. The molecule has 0 radical (unpaired) electrons. The molecule has 2 aromatic carbocycles. The van der Waals surface area contributed by atoms with E-state index < -0.39 is 0 Å². The van der Waals surface area contributed by atoms with Crippen LogP contribution in [0.4, 0.5) is 10.1 Å². The maximum atomic E-state index is 13.0. The zero-order valence-electron chi connectivity index (χ0n) is 11.3. The first-order valence-electron chi connectivity index (χ1n) is 6.66. The molecule has 0 bridgehead atoms. The lowest BCUT2D eigenvalue weighted by Crippen LogP contribution is -2.04. The Bertz CT molecular complexity index is 744. The molecule has 0 aliphatic carbocycles. The Labute approximate surface area is 116 Å². The molecule has 0 aliphatic rings. The number of benzene rings is 2. The van der Waals surface area contributed by atoms with E-state index in [9.17, 15) is 4.39 Å². The summed E-state index contributed by atoms with van der Waals surface area (Å²) >= 11 is 0. The maximum absolute atomic E-state index is 13.0. The Balaban J connectivity index is 2.07. The second-order valence-corrected chi connectivity index (χ2v) is 4.84. The smallest absolute Gasteiger partial charge is 0.123 e. The van der Waals surface area contributed by atoms with Gasteiger partial charge in [0.2, 0.25) is 0 Å². The summed E-state index contributed by atoms with van der Waals surface area (Å²) in [4.78, 5) is 4.61. The Morgan fingerprint density at radius 3 is 2.60 bits per heavy atom. The number of aromatic nitrogens is 2. The van der Waals surface area contributed by atoms with E-state index in [1.54, 1.807) is 12.1 Å². The van der Waals surface area contributed by atoms with Crippen LogP contribution in [0, 0.1) is 5.82 Å². The van der Waals surface area contributed by atoms with Gasteiger partial charge in [0.1, 0.15) is 11.6 Å². The third-order valence-corrected chi connectivity index (χ3v) is 3.42. The number of imidazole rings is 1. The van der Waals surface area contributed by atoms with E-state index in [1.165, 1.54) is 12.1 Å². The first-order chi connectivity index (χ1) is 9.67. The van der Waals surface area contributed by atoms with E-state index in [2.05, 4.69) is 16.5 Å². The summed E-state index contributed by atoms with van der Waals surface area (Å²) in [6, 6.07) is 12.3. The zero-order valence-corrected chi connectivity index (χ0v) is 11.3. The zero-order chi connectivity index (χ0) is 14.1. The molecule has 102 valence electrons. The van der Waals surface area contributed by atoms with Crippen molar-refractivity contribution in [2.75, 3.05) is 5.73 Å². The summed E-state index contributed by atoms with van der Waals surface area (Å²) in [5.41, 5.74) is 9.53. The third kappa shape index (κ3) is 2.25. The predicted octanol–water partition coefficient (Wildman–Crippen LogP) is 3.37. The van der Waals surface area contributed by atoms with Crippen LogP contribution in [0.2, 0.25) is 0 Å². The molecule has 4 heteroatoms. The molecule has 0 amide bonds. The van der Waals surface area contributed by atoms with Crippen LogP contribution in [0.3, 0.4) is 0 Å². The lowest BCUT2D eigenvalue weighted by molar-refractivity contribution is 0.626. The van der Waals surface area contributed by atoms with Gasteiger partial charge in [-0.2, -0.15) is 0 Å². The average Bonchev–Trinajstić information content (AvgIpc) is 2.78. The average molecular weight is 269 g/mol. The van der Waals surface area contributed by atoms with Crippen molar-refractivity contribution < 1.29 is 4.39 Å². The van der Waals surface area contributed by atoms with Crippen LogP contribution in [0.25, 0.3) is 11.0 Å². The first kappa shape index (κ1) is 12.7. The van der Waals surface area contributed by atoms with Gasteiger partial charge in [-0.05, 0) is 35.9 Å². The molecule has 0 atom stereocenters. The number of hydrogen-bond donors (Lipinski definition) is 1. The SMILES string of the molecule is CCc1nc2cc(N)ccc2n1Cc1ccc(F)cc1. The Kier molecular flexibility index (Phi) is 3.14. The minimum absolute atomic E-state index is 0.215. The highest BCUT2D eigenvalue weighted by Crippen LogP contribution is 2.21. The van der Waals surface area contributed by atoms with E-state index in [0.29, 0.717) is 12.2 Å². The monoisotopic (exact) mass is 269 g/mol. The molecular formula is C16H16FN3. The molecule has 0 aliphatic heterocycles. The Morgan fingerprint density at radius 2 is 1.90 bits per heavy atom. The Morgan fingerprint density at radius 1 is 1.15 bits per heavy atom. The van der Waals surface area contributed by atoms with Gasteiger partial charge in [-0.25, -0.2) is 9.37 Å². The van der Waals surface area contributed by atoms with Gasteiger partial charge in [0.25, 0.3) is 0 Å². The highest BCUT2D eigenvalue weighted by molar-refractivity contribution is 5.79. The van der Waals surface area contributed by atoms with Gasteiger partial charge in [0, 0.05) is 18.7 Å². The highest BCUT2D eigenvalue weighted by Gasteiger charge is 2.10. The van der Waals surface area contributed by atoms with Crippen LogP contribution in [-0.4, -0.2) is 9.55 Å². The molecule has 0 saturated carbocycles. The lowest BCUT2D eigenvalue weighted by Gasteiger charge is -2.08. The summed E-state index contributed by atoms with van der Waals surface area (Å²) in [5, 5.41) is 0. The van der Waals surface area contributed by atoms with E-state index in [-0.39, 0.29) is 5.82 Å². The third-order valence-electron chi connectivity index (χ3n) is 3.42. The second-order valence-electron chi connectivity index (χ2n) is 4.84. The molecule has 0 saturated heterocycles. The van der Waals surface area contributed by atoms with E-state index in [1.807, 2.05) is 18.2 Å². The number of nitrogens with zero attached hydrogens (tertiary/aromatic N) is 2. The van der Waals surface area contributed by atoms with Crippen molar-refractivity contribution >= 4 is 16.7 Å². The van der Waals surface area contributed by atoms with E-state index >= 15 is 0 Å². The highest BCUT2D eigenvalue weighted by atomic mass is 19.1. The van der Waals surface area contributed by atoms with Crippen LogP contribution in [0.15, 0.2) is 42.5 Å². The number of aryl methyl sites for hydroxylation is 1. The maximum Gasteiger partial charge on any atom is 0.123 e. The van der Waals surface area contributed by atoms with Crippen molar-refractivity contribution in [3.05, 3.63) is 59.7 Å². The topological polar surface area (TPSA) is 43.8 Å². The predicted molar refractivity (Wildman–Crippen MR) is 79.0 cm³/mol. The molecule has 2 N–H and O–H groups in total. The molecule has 0 unspecified atom stereocenters. The number of hydrogen-bond acceptors (Lipinski definition) is 2. The van der Waals surface area contributed by atoms with Crippen molar-refractivity contribution in [2.45, 2.75) is 19.9 Å². The minimum atomic E-state index is -0.215. The van der Waals surface area contributed by atoms with E-state index in [0.717, 1.165) is 28.8 Å². The molecule has 20 heavy (non-hydrogen) atoms. The van der Waals surface area contributed by atoms with Crippen molar-refractivity contribution in [2.24, 2.45) is 0 Å². The number of halogens is 1. The fourth-order valence-corrected chi connectivity index (χ4v) is 2.42. The van der Waals surface area contributed by atoms with Crippen molar-refractivity contribution in [1.82, 2.24) is 9.55 Å². The standard InChI is InChI=1S/C16H16FN3/c1-2-16-19-14-9-13(18)7-8-15(14)20(16)10-11-3-5-12(17)6-4-11/h3-9H,2,10,18H2,1H3. The lowest BCUT2D eigenvalue weighted by atomic mass is 10.2. The van der Waals surface area contributed by atoms with Crippen LogP contribution in [-0.2, 0) is 13.0 Å². The van der Waals surface area contributed by atoms with Crippen LogP contribution < -0.4 is 5.73 Å². The minimum Gasteiger partial charge on any atom is -0.399 e. The summed E-state index contributed by atoms with van der Waals surface area (Å²) < 4.78 is 15.1. The van der Waals surface area contributed by atoms with Gasteiger partial charge in [0.05, 0.1) is 11.0 Å². The molecule has 1 heterocycles. The fraction of sp³-hybridized carbons (Fsp3) is 0.188. The molecule has 3 nitrogen and oxygen atoms in total. The second kappa shape index (κ2) is 4.96. The van der Waals surface area contributed by atoms with Crippen molar-refractivity contribution in [3.8, 4) is 0 Å². The molecule has 0 spiro atoms. The Hall–Kier alpha value is -2.36. The number of nitrogen functional groups attached to an aromatic ring is 1. The van der Waals surface area contributed by atoms with Crippen LogP contribution >= 0.6 is 0 Å². The number of anilines is 1. The fourth-order valence-electron chi connectivity index (χ4n) is 2.42. The summed E-state index contributed by atoms with van der Waals surface area (Å²) in [5.74, 6) is 0.794. The normalized spacial score (nSPS) is 11.1. The van der Waals surface area contributed by atoms with Gasteiger partial charge in [0.15, 0.2) is 0 Å². The molecule has 1 aromatic heterocycles. The number of fused-ring (bicyclic) bond motifs is 1. The summed E-state index contributed by atoms with van der Waals surface area (Å²) in [6.45, 7) is 2.76. The quantitative estimate of drug-likeness (QED) is 0.741. The van der Waals surface area contributed by atoms with Crippen LogP contribution in [0.1, 0.15) is 18.3 Å². The van der Waals surface area contributed by atoms with Crippen molar-refractivity contribution in [3.63, 3.8) is 0 Å². The molecule has 0 fully saturated rings. The van der Waals surface area contributed by atoms with Gasteiger partial charge >= 0.3 is 0 Å².